The van der Waals surface area contributed by atoms with Gasteiger partial charge in [0.05, 0.1) is 18.9 Å². The van der Waals surface area contributed by atoms with Crippen molar-refractivity contribution >= 4 is 21.6 Å². The Balaban J connectivity index is 1.61. The molecule has 9 heteroatoms. The van der Waals surface area contributed by atoms with Crippen LogP contribution in [0.1, 0.15) is 18.4 Å². The third kappa shape index (κ3) is 5.53. The highest BCUT2D eigenvalue weighted by atomic mass is 35.5. The monoisotopic (exact) mass is 407 g/mol. The van der Waals surface area contributed by atoms with E-state index in [-0.39, 0.29) is 18.2 Å². The predicted molar refractivity (Wildman–Crippen MR) is 102 cm³/mol. The van der Waals surface area contributed by atoms with Gasteiger partial charge in [-0.1, -0.05) is 28.9 Å². The number of halogens is 1. The van der Waals surface area contributed by atoms with Gasteiger partial charge in [-0.05, 0) is 48.9 Å². The Hall–Kier alpha value is -2.42. The second kappa shape index (κ2) is 8.51. The summed E-state index contributed by atoms with van der Waals surface area (Å²) in [6, 6.07) is 13.9. The van der Waals surface area contributed by atoms with Gasteiger partial charge in [0.25, 0.3) is 0 Å². The van der Waals surface area contributed by atoms with Crippen LogP contribution in [0.25, 0.3) is 11.4 Å². The number of nitrogens with zero attached hydrogens (tertiary/aromatic N) is 2. The van der Waals surface area contributed by atoms with Crippen LogP contribution in [-0.4, -0.2) is 25.2 Å². The van der Waals surface area contributed by atoms with Crippen molar-refractivity contribution in [3.63, 3.8) is 0 Å². The van der Waals surface area contributed by atoms with Gasteiger partial charge in [0.1, 0.15) is 5.75 Å². The van der Waals surface area contributed by atoms with E-state index in [1.54, 1.807) is 24.3 Å². The molecule has 3 aromatic rings. The summed E-state index contributed by atoms with van der Waals surface area (Å²) in [6.07, 6.45) is 0. The molecule has 0 aliphatic rings. The van der Waals surface area contributed by atoms with E-state index < -0.39 is 10.0 Å². The van der Waals surface area contributed by atoms with E-state index in [9.17, 15) is 8.42 Å². The lowest BCUT2D eigenvalue weighted by molar-refractivity contribution is 0.340. The predicted octanol–water partition coefficient (Wildman–Crippen LogP) is 3.41. The molecule has 0 spiro atoms. The van der Waals surface area contributed by atoms with E-state index in [4.69, 9.17) is 20.9 Å². The molecule has 0 atom stereocenters. The average molecular weight is 408 g/mol. The molecule has 0 radical (unpaired) electrons. The first-order chi connectivity index (χ1) is 12.9. The molecule has 0 amide bonds. The van der Waals surface area contributed by atoms with E-state index >= 15 is 0 Å². The number of hydrogen-bond donors (Lipinski definition) is 1. The van der Waals surface area contributed by atoms with Crippen molar-refractivity contribution in [2.75, 3.05) is 6.61 Å². The van der Waals surface area contributed by atoms with Crippen molar-refractivity contribution < 1.29 is 17.7 Å². The van der Waals surface area contributed by atoms with Gasteiger partial charge in [0.2, 0.25) is 21.7 Å². The van der Waals surface area contributed by atoms with Crippen LogP contribution in [-0.2, 0) is 22.3 Å². The molecule has 0 fully saturated rings. The van der Waals surface area contributed by atoms with Crippen LogP contribution in [0.4, 0.5) is 0 Å². The summed E-state index contributed by atoms with van der Waals surface area (Å²) in [5, 5.41) is 4.36. The fourth-order valence-corrected chi connectivity index (χ4v) is 3.66. The molecule has 0 aliphatic carbocycles. The van der Waals surface area contributed by atoms with Crippen molar-refractivity contribution in [2.45, 2.75) is 19.2 Å². The third-order valence-electron chi connectivity index (χ3n) is 3.58. The number of hydrogen-bond acceptors (Lipinski definition) is 6. The van der Waals surface area contributed by atoms with Gasteiger partial charge in [-0.2, -0.15) is 4.98 Å². The number of ether oxygens (including phenoxy) is 1. The largest absolute Gasteiger partial charge is 0.494 e. The Morgan fingerprint density at radius 2 is 1.96 bits per heavy atom. The van der Waals surface area contributed by atoms with Crippen molar-refractivity contribution in [2.24, 2.45) is 0 Å². The first kappa shape index (κ1) is 19.3. The summed E-state index contributed by atoms with van der Waals surface area (Å²) in [4.78, 5) is 4.21. The summed E-state index contributed by atoms with van der Waals surface area (Å²) in [7, 11) is -3.57. The highest BCUT2D eigenvalue weighted by Gasteiger charge is 2.15. The second-order valence-electron chi connectivity index (χ2n) is 5.68. The smallest absolute Gasteiger partial charge is 0.242 e. The molecule has 0 aliphatic heterocycles. The molecule has 0 unspecified atom stereocenters. The lowest BCUT2D eigenvalue weighted by Gasteiger charge is -2.05. The zero-order valence-electron chi connectivity index (χ0n) is 14.6. The zero-order valence-corrected chi connectivity index (χ0v) is 16.1. The minimum absolute atomic E-state index is 0.0903. The number of rotatable bonds is 8. The van der Waals surface area contributed by atoms with Gasteiger partial charge in [-0.3, -0.25) is 0 Å². The van der Waals surface area contributed by atoms with Crippen molar-refractivity contribution in [3.05, 3.63) is 65.0 Å². The summed E-state index contributed by atoms with van der Waals surface area (Å²) in [5.41, 5.74) is 1.34. The van der Waals surface area contributed by atoms with Crippen LogP contribution in [0.5, 0.6) is 5.75 Å². The van der Waals surface area contributed by atoms with Gasteiger partial charge >= 0.3 is 0 Å². The van der Waals surface area contributed by atoms with E-state index in [2.05, 4.69) is 14.9 Å². The minimum atomic E-state index is -3.57. The van der Waals surface area contributed by atoms with Crippen molar-refractivity contribution in [1.82, 2.24) is 14.9 Å². The molecule has 2 aromatic carbocycles. The molecule has 0 bridgehead atoms. The number of aromatic nitrogens is 2. The third-order valence-corrected chi connectivity index (χ3v) is 5.11. The molecule has 3 rings (SSSR count). The van der Waals surface area contributed by atoms with E-state index in [1.165, 1.54) is 0 Å². The Kier molecular flexibility index (Phi) is 6.10. The summed E-state index contributed by atoms with van der Waals surface area (Å²) < 4.78 is 37.4. The van der Waals surface area contributed by atoms with Crippen LogP contribution < -0.4 is 9.46 Å². The van der Waals surface area contributed by atoms with Gasteiger partial charge in [0, 0.05) is 10.6 Å². The van der Waals surface area contributed by atoms with Crippen LogP contribution in [0.2, 0.25) is 5.02 Å². The highest BCUT2D eigenvalue weighted by molar-refractivity contribution is 7.88. The molecule has 27 heavy (non-hydrogen) atoms. The summed E-state index contributed by atoms with van der Waals surface area (Å²) in [5.74, 6) is 1.11. The molecule has 1 N–H and O–H groups in total. The van der Waals surface area contributed by atoms with Gasteiger partial charge in [-0.15, -0.1) is 0 Å². The number of nitrogens with one attached hydrogen (secondary N) is 1. The van der Waals surface area contributed by atoms with E-state index in [1.807, 2.05) is 31.2 Å². The first-order valence-corrected chi connectivity index (χ1v) is 10.3. The first-order valence-electron chi connectivity index (χ1n) is 8.23. The Bertz CT molecular complexity index is 1000. The number of benzene rings is 2. The lowest BCUT2D eigenvalue weighted by Crippen LogP contribution is -2.24. The highest BCUT2D eigenvalue weighted by Crippen LogP contribution is 2.20. The fraction of sp³-hybridized carbons (Fsp3) is 0.222. The van der Waals surface area contributed by atoms with Gasteiger partial charge in [0.15, 0.2) is 0 Å². The maximum atomic E-state index is 12.2. The lowest BCUT2D eigenvalue weighted by atomic mass is 10.2. The van der Waals surface area contributed by atoms with Crippen LogP contribution in [0.15, 0.2) is 53.1 Å². The Morgan fingerprint density at radius 3 is 2.67 bits per heavy atom. The fourth-order valence-electron chi connectivity index (χ4n) is 2.38. The molecule has 0 saturated heterocycles. The van der Waals surface area contributed by atoms with E-state index in [0.717, 1.165) is 11.3 Å². The molecular formula is C18H18ClN3O4S. The van der Waals surface area contributed by atoms with Crippen molar-refractivity contribution in [3.8, 4) is 17.1 Å². The second-order valence-corrected chi connectivity index (χ2v) is 7.92. The molecule has 7 nitrogen and oxygen atoms in total. The quantitative estimate of drug-likeness (QED) is 0.614. The normalized spacial score (nSPS) is 11.5. The van der Waals surface area contributed by atoms with Crippen LogP contribution in [0, 0.1) is 0 Å². The summed E-state index contributed by atoms with van der Waals surface area (Å²) in [6.45, 7) is 2.40. The number of sulfonamides is 1. The van der Waals surface area contributed by atoms with Crippen LogP contribution >= 0.6 is 11.6 Å². The van der Waals surface area contributed by atoms with Gasteiger partial charge < -0.3 is 9.26 Å². The average Bonchev–Trinajstić information content (AvgIpc) is 3.10. The maximum absolute atomic E-state index is 12.2. The SMILES string of the molecule is CCOc1ccc(-c2noc(CNS(=O)(=O)Cc3cccc(Cl)c3)n2)cc1. The van der Waals surface area contributed by atoms with Crippen molar-refractivity contribution in [1.29, 1.82) is 0 Å². The minimum Gasteiger partial charge on any atom is -0.494 e. The molecule has 1 heterocycles. The van der Waals surface area contributed by atoms with Crippen LogP contribution in [0.3, 0.4) is 0 Å². The molecule has 1 aromatic heterocycles. The molecule has 0 saturated carbocycles. The Morgan fingerprint density at radius 1 is 1.19 bits per heavy atom. The zero-order chi connectivity index (χ0) is 19.3. The summed E-state index contributed by atoms with van der Waals surface area (Å²) >= 11 is 5.88. The molecule has 142 valence electrons. The molecular weight excluding hydrogens is 390 g/mol. The van der Waals surface area contributed by atoms with E-state index in [0.29, 0.717) is 23.0 Å². The standard InChI is InChI=1S/C18H18ClN3O4S/c1-2-25-16-8-6-14(7-9-16)18-21-17(26-22-18)11-20-27(23,24)12-13-4-3-5-15(19)10-13/h3-10,20H,2,11-12H2,1H3. The van der Waals surface area contributed by atoms with Gasteiger partial charge in [-0.25, -0.2) is 13.1 Å². The maximum Gasteiger partial charge on any atom is 0.242 e. The topological polar surface area (TPSA) is 94.3 Å². The Labute approximate surface area is 162 Å².